The Morgan fingerprint density at radius 1 is 1.17 bits per heavy atom. The van der Waals surface area contributed by atoms with Crippen LogP contribution in [0.15, 0.2) is 24.3 Å². The molecule has 1 aromatic rings. The fraction of sp³-hybridized carbons (Fsp3) is 0.632. The highest BCUT2D eigenvalue weighted by molar-refractivity contribution is 7.88. The number of hydrogen-bond acceptors (Lipinski definition) is 5. The van der Waals surface area contributed by atoms with E-state index in [9.17, 15) is 26.4 Å². The summed E-state index contributed by atoms with van der Waals surface area (Å²) < 4.78 is 69.5. The van der Waals surface area contributed by atoms with Crippen LogP contribution in [0.1, 0.15) is 24.0 Å². The Bertz CT molecular complexity index is 862. The summed E-state index contributed by atoms with van der Waals surface area (Å²) in [6.45, 7) is 2.17. The molecule has 0 atom stereocenters. The van der Waals surface area contributed by atoms with Gasteiger partial charge in [0.1, 0.15) is 0 Å². The molecule has 1 aromatic carbocycles. The molecule has 2 saturated heterocycles. The number of carbonyl (C=O) groups excluding carboxylic acids is 1. The molecule has 30 heavy (non-hydrogen) atoms. The molecule has 1 N–H and O–H groups in total. The van der Waals surface area contributed by atoms with Crippen molar-refractivity contribution in [2.24, 2.45) is 0 Å². The van der Waals surface area contributed by atoms with Gasteiger partial charge in [-0.3, -0.25) is 9.69 Å². The van der Waals surface area contributed by atoms with E-state index in [1.807, 2.05) is 4.90 Å². The van der Waals surface area contributed by atoms with E-state index in [2.05, 4.69) is 5.32 Å². The van der Waals surface area contributed by atoms with Crippen LogP contribution >= 0.6 is 0 Å². The normalized spacial score (nSPS) is 21.3. The summed E-state index contributed by atoms with van der Waals surface area (Å²) in [7, 11) is -3.26. The van der Waals surface area contributed by atoms with E-state index >= 15 is 0 Å². The predicted octanol–water partition coefficient (Wildman–Crippen LogP) is 1.40. The lowest BCUT2D eigenvalue weighted by Gasteiger charge is -2.40. The van der Waals surface area contributed by atoms with Crippen molar-refractivity contribution < 1.29 is 31.1 Å². The molecule has 0 unspecified atom stereocenters. The zero-order valence-electron chi connectivity index (χ0n) is 16.7. The molecule has 0 saturated carbocycles. The lowest BCUT2D eigenvalue weighted by atomic mass is 9.82. The molecule has 3 rings (SSSR count). The molecule has 2 aliphatic heterocycles. The molecule has 7 nitrogen and oxygen atoms in total. The van der Waals surface area contributed by atoms with E-state index in [4.69, 9.17) is 4.74 Å². The van der Waals surface area contributed by atoms with Gasteiger partial charge in [-0.05, 0) is 30.5 Å². The Morgan fingerprint density at radius 2 is 1.80 bits per heavy atom. The van der Waals surface area contributed by atoms with E-state index in [1.165, 1.54) is 10.4 Å². The minimum absolute atomic E-state index is 0.0547. The summed E-state index contributed by atoms with van der Waals surface area (Å²) in [6.07, 6.45) is -2.56. The van der Waals surface area contributed by atoms with Gasteiger partial charge in [-0.15, -0.1) is 0 Å². The van der Waals surface area contributed by atoms with Crippen molar-refractivity contribution in [3.63, 3.8) is 0 Å². The molecule has 0 aromatic heterocycles. The number of nitrogens with zero attached hydrogens (tertiary/aromatic N) is 2. The van der Waals surface area contributed by atoms with Crippen molar-refractivity contribution in [1.82, 2.24) is 14.5 Å². The van der Waals surface area contributed by atoms with Crippen molar-refractivity contribution in [3.8, 4) is 0 Å². The Labute approximate surface area is 174 Å². The van der Waals surface area contributed by atoms with Crippen LogP contribution < -0.4 is 5.32 Å². The van der Waals surface area contributed by atoms with Gasteiger partial charge in [0.25, 0.3) is 0 Å². The number of benzene rings is 1. The first-order chi connectivity index (χ1) is 14.0. The number of amides is 1. The molecule has 0 bridgehead atoms. The third-order valence-corrected chi connectivity index (χ3v) is 6.94. The van der Waals surface area contributed by atoms with Crippen molar-refractivity contribution >= 4 is 15.9 Å². The topological polar surface area (TPSA) is 79.0 Å². The first kappa shape index (κ1) is 23.0. The highest BCUT2D eigenvalue weighted by Crippen LogP contribution is 2.36. The second-order valence-corrected chi connectivity index (χ2v) is 9.74. The van der Waals surface area contributed by atoms with Gasteiger partial charge in [0.2, 0.25) is 15.9 Å². The molecule has 11 heteroatoms. The molecular formula is C19H26F3N3O4S. The van der Waals surface area contributed by atoms with Gasteiger partial charge in [0, 0.05) is 39.4 Å². The van der Waals surface area contributed by atoms with E-state index in [0.717, 1.165) is 18.4 Å². The van der Waals surface area contributed by atoms with Crippen LogP contribution in [-0.4, -0.2) is 75.7 Å². The lowest BCUT2D eigenvalue weighted by molar-refractivity contribution is -0.137. The highest BCUT2D eigenvalue weighted by atomic mass is 32.2. The third kappa shape index (κ3) is 5.51. The smallest absolute Gasteiger partial charge is 0.381 e. The van der Waals surface area contributed by atoms with E-state index in [-0.39, 0.29) is 12.5 Å². The number of alkyl halides is 3. The minimum Gasteiger partial charge on any atom is -0.381 e. The summed E-state index contributed by atoms with van der Waals surface area (Å²) >= 11 is 0. The Kier molecular flexibility index (Phi) is 6.75. The minimum atomic E-state index is -4.47. The van der Waals surface area contributed by atoms with Gasteiger partial charge < -0.3 is 10.1 Å². The molecule has 0 radical (unpaired) electrons. The molecule has 168 valence electrons. The first-order valence-electron chi connectivity index (χ1n) is 9.74. The summed E-state index contributed by atoms with van der Waals surface area (Å²) in [5.41, 5.74) is -1.27. The van der Waals surface area contributed by atoms with E-state index < -0.39 is 27.3 Å². The summed E-state index contributed by atoms with van der Waals surface area (Å²) in [6, 6.07) is 5.06. The maximum Gasteiger partial charge on any atom is 0.416 e. The third-order valence-electron chi connectivity index (χ3n) is 5.64. The number of nitrogens with one attached hydrogen (secondary N) is 1. The molecule has 2 aliphatic rings. The fourth-order valence-corrected chi connectivity index (χ4v) is 4.75. The van der Waals surface area contributed by atoms with Gasteiger partial charge in [0.05, 0.1) is 23.9 Å². The molecule has 0 spiro atoms. The SMILES string of the molecule is CS(=O)(=O)N1CCN(CC(=O)NC2(c3cccc(C(F)(F)F)c3)CCOCC2)CC1. The Morgan fingerprint density at radius 3 is 2.37 bits per heavy atom. The van der Waals surface area contributed by atoms with Crippen molar-refractivity contribution in [1.29, 1.82) is 0 Å². The summed E-state index contributed by atoms with van der Waals surface area (Å²) in [4.78, 5) is 14.6. The van der Waals surface area contributed by atoms with Crippen LogP contribution in [-0.2, 0) is 31.3 Å². The monoisotopic (exact) mass is 449 g/mol. The van der Waals surface area contributed by atoms with Crippen LogP contribution in [0.25, 0.3) is 0 Å². The van der Waals surface area contributed by atoms with E-state index in [1.54, 1.807) is 6.07 Å². The molecule has 1 amide bonds. The zero-order chi connectivity index (χ0) is 22.0. The van der Waals surface area contributed by atoms with Crippen molar-refractivity contribution in [2.45, 2.75) is 24.6 Å². The molecule has 0 aliphatic carbocycles. The quantitative estimate of drug-likeness (QED) is 0.736. The van der Waals surface area contributed by atoms with Gasteiger partial charge in [-0.2, -0.15) is 17.5 Å². The average Bonchev–Trinajstić information content (AvgIpc) is 2.68. The van der Waals surface area contributed by atoms with Crippen LogP contribution in [0.2, 0.25) is 0 Å². The maximum absolute atomic E-state index is 13.2. The molecular weight excluding hydrogens is 423 g/mol. The first-order valence-corrected chi connectivity index (χ1v) is 11.6. The number of halogens is 3. The predicted molar refractivity (Wildman–Crippen MR) is 104 cm³/mol. The number of carbonyl (C=O) groups is 1. The largest absolute Gasteiger partial charge is 0.416 e. The fourth-order valence-electron chi connectivity index (χ4n) is 3.93. The zero-order valence-corrected chi connectivity index (χ0v) is 17.6. The van der Waals surface area contributed by atoms with Crippen LogP contribution in [0, 0.1) is 0 Å². The summed E-state index contributed by atoms with van der Waals surface area (Å²) in [5, 5.41) is 2.96. The standard InChI is InChI=1S/C19H26F3N3O4S/c1-30(27,28)25-9-7-24(8-10-25)14-17(26)23-18(5-11-29-12-6-18)15-3-2-4-16(13-15)19(20,21)22/h2-4,13H,5-12,14H2,1H3,(H,23,26). The number of sulfonamides is 1. The second kappa shape index (κ2) is 8.81. The second-order valence-electron chi connectivity index (χ2n) is 7.76. The lowest BCUT2D eigenvalue weighted by Crippen LogP contribution is -2.55. The van der Waals surface area contributed by atoms with Crippen molar-refractivity contribution in [3.05, 3.63) is 35.4 Å². The van der Waals surface area contributed by atoms with Gasteiger partial charge in [-0.1, -0.05) is 12.1 Å². The highest BCUT2D eigenvalue weighted by Gasteiger charge is 2.39. The van der Waals surface area contributed by atoms with Gasteiger partial charge in [-0.25, -0.2) is 8.42 Å². The number of ether oxygens (including phenoxy) is 1. The Hall–Kier alpha value is -1.69. The van der Waals surface area contributed by atoms with Crippen LogP contribution in [0.4, 0.5) is 13.2 Å². The number of rotatable bonds is 5. The van der Waals surface area contributed by atoms with Crippen LogP contribution in [0.5, 0.6) is 0 Å². The van der Waals surface area contributed by atoms with Crippen molar-refractivity contribution in [2.75, 3.05) is 52.2 Å². The molecule has 2 heterocycles. The summed E-state index contributed by atoms with van der Waals surface area (Å²) in [5.74, 6) is -0.304. The van der Waals surface area contributed by atoms with Crippen LogP contribution in [0.3, 0.4) is 0 Å². The number of hydrogen-bond donors (Lipinski definition) is 1. The van der Waals surface area contributed by atoms with Gasteiger partial charge in [0.15, 0.2) is 0 Å². The number of piperazine rings is 1. The van der Waals surface area contributed by atoms with Gasteiger partial charge >= 0.3 is 6.18 Å². The maximum atomic E-state index is 13.2. The Balaban J connectivity index is 1.71. The van der Waals surface area contributed by atoms with E-state index in [0.29, 0.717) is 57.8 Å². The average molecular weight is 449 g/mol. The molecule has 2 fully saturated rings.